The molecule has 4 aromatic rings. The van der Waals surface area contributed by atoms with E-state index in [4.69, 9.17) is 9.97 Å². The number of aromatic nitrogens is 4. The topological polar surface area (TPSA) is 73.0 Å². The molecule has 0 unspecified atom stereocenters. The van der Waals surface area contributed by atoms with Gasteiger partial charge in [0.05, 0.1) is 5.52 Å². The fourth-order valence-electron chi connectivity index (χ4n) is 3.82. The molecule has 0 spiro atoms. The third-order valence-corrected chi connectivity index (χ3v) is 5.64. The van der Waals surface area contributed by atoms with Crippen LogP contribution in [0.2, 0.25) is 0 Å². The van der Waals surface area contributed by atoms with Crippen molar-refractivity contribution in [2.75, 3.05) is 43.4 Å². The zero-order chi connectivity index (χ0) is 20.5. The van der Waals surface area contributed by atoms with Crippen LogP contribution in [0.1, 0.15) is 5.56 Å². The third kappa shape index (κ3) is 3.59. The first-order valence-electron chi connectivity index (χ1n) is 10.3. The lowest BCUT2D eigenvalue weighted by Gasteiger charge is -2.33. The van der Waals surface area contributed by atoms with E-state index in [1.165, 1.54) is 0 Å². The van der Waals surface area contributed by atoms with Gasteiger partial charge in [-0.2, -0.15) is 5.10 Å². The van der Waals surface area contributed by atoms with Gasteiger partial charge in [0.1, 0.15) is 11.6 Å². The molecule has 3 heterocycles. The van der Waals surface area contributed by atoms with E-state index in [1.807, 2.05) is 42.5 Å². The number of rotatable bonds is 4. The summed E-state index contributed by atoms with van der Waals surface area (Å²) < 4.78 is 0. The molecule has 0 atom stereocenters. The predicted molar refractivity (Wildman–Crippen MR) is 121 cm³/mol. The molecule has 0 radical (unpaired) electrons. The predicted octanol–water partition coefficient (Wildman–Crippen LogP) is 3.82. The van der Waals surface area contributed by atoms with Gasteiger partial charge in [0.2, 0.25) is 0 Å². The van der Waals surface area contributed by atoms with Crippen LogP contribution >= 0.6 is 0 Å². The number of aromatic amines is 1. The number of piperazine rings is 1. The largest absolute Gasteiger partial charge is 0.354 e. The minimum atomic E-state index is 0.729. The number of aryl methyl sites for hydroxylation is 1. The van der Waals surface area contributed by atoms with E-state index < -0.39 is 0 Å². The van der Waals surface area contributed by atoms with Gasteiger partial charge in [0.15, 0.2) is 11.6 Å². The van der Waals surface area contributed by atoms with Crippen LogP contribution in [0.15, 0.2) is 54.6 Å². The van der Waals surface area contributed by atoms with Crippen LogP contribution in [0.25, 0.3) is 22.3 Å². The smallest absolute Gasteiger partial charge is 0.164 e. The molecule has 2 aromatic carbocycles. The van der Waals surface area contributed by atoms with Crippen molar-refractivity contribution < 1.29 is 0 Å². The van der Waals surface area contributed by atoms with Gasteiger partial charge in [-0.25, -0.2) is 9.97 Å². The number of para-hydroxylation sites is 1. The fourth-order valence-corrected chi connectivity index (χ4v) is 3.82. The van der Waals surface area contributed by atoms with Gasteiger partial charge in [-0.3, -0.25) is 5.10 Å². The van der Waals surface area contributed by atoms with Crippen molar-refractivity contribution in [1.82, 2.24) is 25.1 Å². The van der Waals surface area contributed by atoms with Crippen LogP contribution in [0.4, 0.5) is 17.5 Å². The van der Waals surface area contributed by atoms with Gasteiger partial charge in [0, 0.05) is 43.2 Å². The van der Waals surface area contributed by atoms with E-state index >= 15 is 0 Å². The van der Waals surface area contributed by atoms with Crippen LogP contribution in [0.3, 0.4) is 0 Å². The molecule has 5 rings (SSSR count). The zero-order valence-corrected chi connectivity index (χ0v) is 17.3. The van der Waals surface area contributed by atoms with Gasteiger partial charge in [-0.15, -0.1) is 0 Å². The number of fused-ring (bicyclic) bond motifs is 1. The van der Waals surface area contributed by atoms with Crippen LogP contribution in [0.5, 0.6) is 0 Å². The molecule has 30 heavy (non-hydrogen) atoms. The minimum absolute atomic E-state index is 0.729. The van der Waals surface area contributed by atoms with Crippen LogP contribution < -0.4 is 10.2 Å². The first kappa shape index (κ1) is 18.6. The van der Waals surface area contributed by atoms with Crippen LogP contribution in [-0.4, -0.2) is 58.3 Å². The van der Waals surface area contributed by atoms with Gasteiger partial charge >= 0.3 is 0 Å². The molecule has 2 aromatic heterocycles. The lowest BCUT2D eigenvalue weighted by atomic mass is 10.1. The monoisotopic (exact) mass is 399 g/mol. The number of hydrogen-bond acceptors (Lipinski definition) is 6. The Hall–Kier alpha value is -3.45. The summed E-state index contributed by atoms with van der Waals surface area (Å²) in [6.07, 6.45) is 0. The van der Waals surface area contributed by atoms with Crippen molar-refractivity contribution in [2.24, 2.45) is 0 Å². The Balaban J connectivity index is 1.56. The Kier molecular flexibility index (Phi) is 4.80. The fraction of sp³-hybridized carbons (Fsp3) is 0.261. The molecule has 7 nitrogen and oxygen atoms in total. The van der Waals surface area contributed by atoms with Gasteiger partial charge in [-0.05, 0) is 31.7 Å². The molecular formula is C23H25N7. The number of H-pyrrole nitrogens is 1. The summed E-state index contributed by atoms with van der Waals surface area (Å²) in [5.41, 5.74) is 3.19. The number of nitrogens with zero attached hydrogens (tertiary/aromatic N) is 5. The van der Waals surface area contributed by atoms with Gasteiger partial charge in [-0.1, -0.05) is 36.4 Å². The highest BCUT2D eigenvalue weighted by molar-refractivity contribution is 5.91. The van der Waals surface area contributed by atoms with Crippen molar-refractivity contribution in [3.63, 3.8) is 0 Å². The molecule has 0 bridgehead atoms. The van der Waals surface area contributed by atoms with Gasteiger partial charge < -0.3 is 15.1 Å². The SMILES string of the molecule is Cc1ccccc1-c1nc(Nc2n[nH]c3ccccc23)cc(N2CCN(C)CC2)n1. The second kappa shape index (κ2) is 7.76. The molecule has 1 aliphatic heterocycles. The van der Waals surface area contributed by atoms with Crippen molar-refractivity contribution >= 4 is 28.4 Å². The first-order valence-corrected chi connectivity index (χ1v) is 10.3. The molecule has 2 N–H and O–H groups in total. The molecule has 1 saturated heterocycles. The quantitative estimate of drug-likeness (QED) is 0.543. The van der Waals surface area contributed by atoms with Crippen molar-refractivity contribution in [2.45, 2.75) is 6.92 Å². The Bertz CT molecular complexity index is 1180. The summed E-state index contributed by atoms with van der Waals surface area (Å²) in [7, 11) is 2.16. The average molecular weight is 400 g/mol. The van der Waals surface area contributed by atoms with Crippen molar-refractivity contribution in [3.05, 3.63) is 60.2 Å². The van der Waals surface area contributed by atoms with E-state index in [0.29, 0.717) is 0 Å². The Morgan fingerprint density at radius 1 is 0.933 bits per heavy atom. The van der Waals surface area contributed by atoms with E-state index in [-0.39, 0.29) is 0 Å². The second-order valence-electron chi connectivity index (χ2n) is 7.78. The van der Waals surface area contributed by atoms with E-state index in [0.717, 1.165) is 71.5 Å². The number of hydrogen-bond donors (Lipinski definition) is 2. The normalized spacial score (nSPS) is 14.9. The van der Waals surface area contributed by atoms with E-state index in [2.05, 4.69) is 51.4 Å². The maximum absolute atomic E-state index is 4.93. The molecule has 152 valence electrons. The first-order chi connectivity index (χ1) is 14.7. The molecule has 1 aliphatic rings. The molecule has 1 fully saturated rings. The Morgan fingerprint density at radius 2 is 1.70 bits per heavy atom. The maximum atomic E-state index is 4.93. The Labute approximate surface area is 175 Å². The number of benzene rings is 2. The Morgan fingerprint density at radius 3 is 2.53 bits per heavy atom. The van der Waals surface area contributed by atoms with Crippen LogP contribution in [-0.2, 0) is 0 Å². The molecule has 0 aliphatic carbocycles. The molecular weight excluding hydrogens is 374 g/mol. The number of likely N-dealkylation sites (N-methyl/N-ethyl adjacent to an activating group) is 1. The average Bonchev–Trinajstić information content (AvgIpc) is 3.17. The summed E-state index contributed by atoms with van der Waals surface area (Å²) in [5.74, 6) is 3.18. The van der Waals surface area contributed by atoms with E-state index in [1.54, 1.807) is 0 Å². The van der Waals surface area contributed by atoms with Crippen molar-refractivity contribution in [3.8, 4) is 11.4 Å². The highest BCUT2D eigenvalue weighted by Gasteiger charge is 2.19. The zero-order valence-electron chi connectivity index (χ0n) is 17.3. The lowest BCUT2D eigenvalue weighted by Crippen LogP contribution is -2.44. The second-order valence-corrected chi connectivity index (χ2v) is 7.78. The van der Waals surface area contributed by atoms with Gasteiger partial charge in [0.25, 0.3) is 0 Å². The highest BCUT2D eigenvalue weighted by Crippen LogP contribution is 2.28. The summed E-state index contributed by atoms with van der Waals surface area (Å²) in [5, 5.41) is 12.0. The summed E-state index contributed by atoms with van der Waals surface area (Å²) in [4.78, 5) is 14.4. The molecule has 7 heteroatoms. The summed E-state index contributed by atoms with van der Waals surface area (Å²) in [6, 6.07) is 18.3. The summed E-state index contributed by atoms with van der Waals surface area (Å²) >= 11 is 0. The maximum Gasteiger partial charge on any atom is 0.164 e. The highest BCUT2D eigenvalue weighted by atomic mass is 15.3. The number of anilines is 3. The lowest BCUT2D eigenvalue weighted by molar-refractivity contribution is 0.312. The molecule has 0 amide bonds. The van der Waals surface area contributed by atoms with E-state index in [9.17, 15) is 0 Å². The minimum Gasteiger partial charge on any atom is -0.354 e. The molecule has 0 saturated carbocycles. The van der Waals surface area contributed by atoms with Crippen molar-refractivity contribution in [1.29, 1.82) is 0 Å². The third-order valence-electron chi connectivity index (χ3n) is 5.64. The summed E-state index contributed by atoms with van der Waals surface area (Å²) in [6.45, 7) is 6.04. The standard InChI is InChI=1S/C23H25N7/c1-16-7-3-4-8-17(16)22-24-20(15-21(26-22)30-13-11-29(2)12-14-30)25-23-18-9-5-6-10-19(18)27-28-23/h3-10,15H,11-14H2,1-2H3,(H2,24,25,26,27,28). The van der Waals surface area contributed by atoms with Crippen LogP contribution in [0, 0.1) is 6.92 Å². The number of nitrogens with one attached hydrogen (secondary N) is 2.